The molecule has 8 heteroatoms. The van der Waals surface area contributed by atoms with Gasteiger partial charge in [-0.25, -0.2) is 19.6 Å². The van der Waals surface area contributed by atoms with Gasteiger partial charge in [0.05, 0.1) is 0 Å². The van der Waals surface area contributed by atoms with E-state index >= 15 is 0 Å². The third kappa shape index (κ3) is 9.36. The Morgan fingerprint density at radius 3 is 0.763 bits per heavy atom. The van der Waals surface area contributed by atoms with Crippen LogP contribution in [0.4, 0.5) is 0 Å². The van der Waals surface area contributed by atoms with E-state index in [4.69, 9.17) is 10.2 Å². The lowest BCUT2D eigenvalue weighted by Gasteiger charge is -2.13. The van der Waals surface area contributed by atoms with Crippen molar-refractivity contribution in [2.45, 2.75) is 13.8 Å². The molecule has 0 saturated carbocycles. The van der Waals surface area contributed by atoms with Gasteiger partial charge in [-0.1, -0.05) is 86.6 Å². The van der Waals surface area contributed by atoms with Gasteiger partial charge in [0.1, 0.15) is 0 Å². The molecular weight excluding hydrogens is 518 g/mol. The van der Waals surface area contributed by atoms with Crippen LogP contribution in [0.3, 0.4) is 0 Å². The Hall–Kier alpha value is -2.50. The molecule has 4 aromatic rings. The van der Waals surface area contributed by atoms with E-state index in [2.05, 4.69) is 0 Å². The van der Waals surface area contributed by atoms with Crippen molar-refractivity contribution in [3.63, 3.8) is 0 Å². The fourth-order valence-corrected chi connectivity index (χ4v) is 6.15. The maximum atomic E-state index is 10.1. The normalized spacial score (nSPS) is 12.7. The fourth-order valence-electron chi connectivity index (χ4n) is 3.20. The van der Waals surface area contributed by atoms with E-state index in [-0.39, 0.29) is 25.0 Å². The van der Waals surface area contributed by atoms with Gasteiger partial charge in [-0.3, -0.25) is 0 Å². The molecule has 0 radical (unpaired) electrons. The van der Waals surface area contributed by atoms with Crippen molar-refractivity contribution in [1.29, 1.82) is 0 Å². The van der Waals surface area contributed by atoms with Gasteiger partial charge in [0.15, 0.2) is 21.2 Å². The highest BCUT2D eigenvalue weighted by atomic mass is 31.2. The van der Waals surface area contributed by atoms with Crippen LogP contribution in [0.25, 0.3) is 0 Å². The van der Waals surface area contributed by atoms with Crippen molar-refractivity contribution in [2.75, 3.05) is 13.2 Å². The first-order valence-electron chi connectivity index (χ1n) is 12.3. The summed E-state index contributed by atoms with van der Waals surface area (Å²) < 4.78 is 0. The number of aliphatic hydroxyl groups is 2. The topological polar surface area (TPSA) is 121 Å². The lowest BCUT2D eigenvalue weighted by Crippen LogP contribution is -2.20. The summed E-state index contributed by atoms with van der Waals surface area (Å²) in [5, 5.41) is 19.4. The average molecular weight is 557 g/mol. The van der Waals surface area contributed by atoms with Crippen LogP contribution in [0.5, 0.6) is 0 Å². The molecular formula is C30H38O6P2+2. The molecule has 2 atom stereocenters. The largest absolute Gasteiger partial charge is 0.396 e. The first-order chi connectivity index (χ1) is 18.1. The third-order valence-electron chi connectivity index (χ3n) is 6.01. The smallest absolute Gasteiger partial charge is 0.333 e. The van der Waals surface area contributed by atoms with E-state index in [0.717, 1.165) is 0 Å². The van der Waals surface area contributed by atoms with Crippen LogP contribution in [-0.2, 0) is 0 Å². The highest BCUT2D eigenvalue weighted by Crippen LogP contribution is 2.47. The Bertz CT molecular complexity index is 983. The molecule has 0 aliphatic carbocycles. The second kappa shape index (κ2) is 15.8. The van der Waals surface area contributed by atoms with Gasteiger partial charge in [0.2, 0.25) is 0 Å². The minimum absolute atomic E-state index is 0.168. The summed E-state index contributed by atoms with van der Waals surface area (Å²) in [5.74, 6) is 0.444. The Balaban J connectivity index is 0.000000211. The summed E-state index contributed by atoms with van der Waals surface area (Å²) in [7, 11) is -6.29. The second-order valence-corrected chi connectivity index (χ2v) is 13.3. The quantitative estimate of drug-likeness (QED) is 0.195. The predicted octanol–water partition coefficient (Wildman–Crippen LogP) is 3.18. The van der Waals surface area contributed by atoms with Crippen LogP contribution in [-0.4, -0.2) is 43.0 Å². The summed E-state index contributed by atoms with van der Waals surface area (Å²) in [5.41, 5.74) is 0. The molecule has 0 saturated heterocycles. The molecule has 6 N–H and O–H groups in total. The van der Waals surface area contributed by atoms with E-state index in [1.165, 1.54) is 0 Å². The summed E-state index contributed by atoms with van der Waals surface area (Å²) in [6.07, 6.45) is 0. The highest BCUT2D eigenvalue weighted by molar-refractivity contribution is 7.79. The van der Waals surface area contributed by atoms with E-state index < -0.39 is 15.4 Å². The second-order valence-electron chi connectivity index (χ2n) is 8.86. The lowest BCUT2D eigenvalue weighted by molar-refractivity contribution is 0.141. The molecule has 202 valence electrons. The zero-order chi connectivity index (χ0) is 28.0. The number of benzene rings is 4. The number of hydrogen-bond acceptors (Lipinski definition) is 6. The van der Waals surface area contributed by atoms with Crippen molar-refractivity contribution in [3.05, 3.63) is 121 Å². The molecule has 0 aliphatic heterocycles. The number of hydrogen-bond donors (Lipinski definition) is 6. The standard InChI is InChI=1S/2C12H12O2P.C6H14O2/c2*13-15(14,11-7-3-1-4-8-11)12-9-5-2-6-10-12;1-5(3-7)6(2)4-8/h2*1-10,13-14H;5-8H,3-4H2,1-2H3/q2*+1;. The maximum Gasteiger partial charge on any atom is 0.333 e. The molecule has 4 rings (SSSR count). The Morgan fingerprint density at radius 2 is 0.605 bits per heavy atom. The molecule has 0 aromatic heterocycles. The van der Waals surface area contributed by atoms with Crippen LogP contribution in [0.2, 0.25) is 0 Å². The van der Waals surface area contributed by atoms with Gasteiger partial charge in [-0.2, -0.15) is 0 Å². The zero-order valence-electron chi connectivity index (χ0n) is 21.7. The monoisotopic (exact) mass is 556 g/mol. The van der Waals surface area contributed by atoms with Gasteiger partial charge < -0.3 is 10.2 Å². The first kappa shape index (κ1) is 31.7. The van der Waals surface area contributed by atoms with Gasteiger partial charge in [-0.05, 0) is 60.4 Å². The number of rotatable bonds is 7. The molecule has 0 bridgehead atoms. The van der Waals surface area contributed by atoms with Gasteiger partial charge in [0, 0.05) is 13.2 Å². The predicted molar refractivity (Wildman–Crippen MR) is 160 cm³/mol. The molecule has 38 heavy (non-hydrogen) atoms. The highest BCUT2D eigenvalue weighted by Gasteiger charge is 2.39. The lowest BCUT2D eigenvalue weighted by atomic mass is 9.98. The molecule has 0 aliphatic rings. The van der Waals surface area contributed by atoms with Crippen LogP contribution in [0.1, 0.15) is 13.8 Å². The zero-order valence-corrected chi connectivity index (χ0v) is 23.5. The van der Waals surface area contributed by atoms with Crippen molar-refractivity contribution < 1.29 is 29.8 Å². The summed E-state index contributed by atoms with van der Waals surface area (Å²) in [4.78, 5) is 40.5. The first-order valence-corrected chi connectivity index (χ1v) is 15.7. The molecule has 0 spiro atoms. The Kier molecular flexibility index (Phi) is 13.2. The average Bonchev–Trinajstić information content (AvgIpc) is 2.98. The van der Waals surface area contributed by atoms with E-state index in [1.807, 2.05) is 38.1 Å². The van der Waals surface area contributed by atoms with E-state index in [9.17, 15) is 19.6 Å². The van der Waals surface area contributed by atoms with Gasteiger partial charge in [-0.15, -0.1) is 0 Å². The minimum atomic E-state index is -3.15. The van der Waals surface area contributed by atoms with Crippen LogP contribution >= 0.6 is 15.4 Å². The maximum absolute atomic E-state index is 10.1. The van der Waals surface area contributed by atoms with Crippen LogP contribution < -0.4 is 21.2 Å². The minimum Gasteiger partial charge on any atom is -0.396 e. The SMILES string of the molecule is CC(CO)C(C)CO.O[P+](O)(c1ccccc1)c1ccccc1.O[P+](O)(c1ccccc1)c1ccccc1. The summed E-state index contributed by atoms with van der Waals surface area (Å²) >= 11 is 0. The molecule has 2 unspecified atom stereocenters. The summed E-state index contributed by atoms with van der Waals surface area (Å²) in [6, 6.07) is 35.8. The summed E-state index contributed by atoms with van der Waals surface area (Å²) in [6.45, 7) is 4.17. The Labute approximate surface area is 226 Å². The molecule has 4 aromatic carbocycles. The van der Waals surface area contributed by atoms with Crippen LogP contribution in [0.15, 0.2) is 121 Å². The fraction of sp³-hybridized carbons (Fsp3) is 0.200. The Morgan fingerprint density at radius 1 is 0.421 bits per heavy atom. The van der Waals surface area contributed by atoms with E-state index in [0.29, 0.717) is 21.2 Å². The van der Waals surface area contributed by atoms with Crippen molar-refractivity contribution in [2.24, 2.45) is 11.8 Å². The molecule has 0 amide bonds. The van der Waals surface area contributed by atoms with E-state index in [1.54, 1.807) is 97.1 Å². The van der Waals surface area contributed by atoms with Gasteiger partial charge in [0.25, 0.3) is 0 Å². The third-order valence-corrected chi connectivity index (χ3v) is 10.1. The van der Waals surface area contributed by atoms with Crippen molar-refractivity contribution >= 4 is 36.7 Å². The molecule has 0 fully saturated rings. The van der Waals surface area contributed by atoms with Crippen LogP contribution in [0, 0.1) is 11.8 Å². The molecule has 6 nitrogen and oxygen atoms in total. The number of aliphatic hydroxyl groups excluding tert-OH is 2. The van der Waals surface area contributed by atoms with Crippen molar-refractivity contribution in [3.8, 4) is 0 Å². The van der Waals surface area contributed by atoms with Gasteiger partial charge >= 0.3 is 15.4 Å². The van der Waals surface area contributed by atoms with Crippen molar-refractivity contribution in [1.82, 2.24) is 0 Å². The molecule has 0 heterocycles.